The van der Waals surface area contributed by atoms with Crippen LogP contribution < -0.4 is 25.4 Å². The Kier molecular flexibility index (Phi) is 6.99. The number of carbonyl (C=O) groups is 1. The first-order valence-corrected chi connectivity index (χ1v) is 10.1. The molecule has 2 aromatic carbocycles. The number of benzene rings is 2. The van der Waals surface area contributed by atoms with Crippen molar-refractivity contribution in [2.45, 2.75) is 38.3 Å². The van der Waals surface area contributed by atoms with Gasteiger partial charge in [-0.2, -0.15) is 0 Å². The van der Waals surface area contributed by atoms with Crippen LogP contribution in [0.4, 0.5) is 5.69 Å². The Morgan fingerprint density at radius 1 is 1.14 bits per heavy atom. The van der Waals surface area contributed by atoms with Crippen LogP contribution >= 0.6 is 0 Å². The highest BCUT2D eigenvalue weighted by atomic mass is 16.5. The topological polar surface area (TPSA) is 76.8 Å². The molecule has 0 unspecified atom stereocenters. The third-order valence-electron chi connectivity index (χ3n) is 5.47. The van der Waals surface area contributed by atoms with Crippen molar-refractivity contribution in [3.8, 4) is 11.5 Å². The third kappa shape index (κ3) is 5.41. The van der Waals surface area contributed by atoms with Crippen LogP contribution in [0.15, 0.2) is 42.5 Å². The first-order chi connectivity index (χ1) is 14.0. The number of carbonyl (C=O) groups excluding carboxylic acids is 1. The van der Waals surface area contributed by atoms with E-state index >= 15 is 0 Å². The van der Waals surface area contributed by atoms with Gasteiger partial charge in [-0.3, -0.25) is 4.79 Å². The van der Waals surface area contributed by atoms with Crippen LogP contribution in [0.3, 0.4) is 0 Å². The lowest BCUT2D eigenvalue weighted by atomic mass is 10.0. The summed E-state index contributed by atoms with van der Waals surface area (Å²) < 4.78 is 10.6. The quantitative estimate of drug-likeness (QED) is 0.750. The van der Waals surface area contributed by atoms with Crippen molar-refractivity contribution >= 4 is 11.6 Å². The van der Waals surface area contributed by atoms with E-state index in [1.807, 2.05) is 18.2 Å². The summed E-state index contributed by atoms with van der Waals surface area (Å²) in [7, 11) is 3.18. The number of anilines is 1. The van der Waals surface area contributed by atoms with Gasteiger partial charge < -0.3 is 25.4 Å². The number of aryl methyl sites for hydroxylation is 1. The van der Waals surface area contributed by atoms with Gasteiger partial charge in [0.2, 0.25) is 5.91 Å². The molecule has 3 rings (SSSR count). The molecule has 1 saturated heterocycles. The lowest BCUT2D eigenvalue weighted by Gasteiger charge is -2.34. The van der Waals surface area contributed by atoms with E-state index in [1.165, 1.54) is 11.3 Å². The van der Waals surface area contributed by atoms with Crippen LogP contribution in [0.2, 0.25) is 0 Å². The van der Waals surface area contributed by atoms with Gasteiger partial charge in [-0.25, -0.2) is 0 Å². The number of methoxy groups -OCH3 is 2. The summed E-state index contributed by atoms with van der Waals surface area (Å²) in [4.78, 5) is 14.9. The summed E-state index contributed by atoms with van der Waals surface area (Å²) in [6.45, 7) is 3.99. The zero-order chi connectivity index (χ0) is 20.8. The van der Waals surface area contributed by atoms with Gasteiger partial charge in [-0.1, -0.05) is 18.2 Å². The Morgan fingerprint density at radius 3 is 2.52 bits per heavy atom. The lowest BCUT2D eigenvalue weighted by molar-refractivity contribution is -0.122. The number of amides is 1. The first-order valence-electron chi connectivity index (χ1n) is 10.1. The minimum atomic E-state index is -0.387. The number of ether oxygens (including phenoxy) is 2. The Balaban J connectivity index is 1.50. The molecule has 1 heterocycles. The summed E-state index contributed by atoms with van der Waals surface area (Å²) in [5, 5.41) is 3.15. The second kappa shape index (κ2) is 9.65. The van der Waals surface area contributed by atoms with Gasteiger partial charge in [-0.15, -0.1) is 0 Å². The molecular formula is C23H31N3O3. The van der Waals surface area contributed by atoms with Gasteiger partial charge >= 0.3 is 0 Å². The average molecular weight is 398 g/mol. The van der Waals surface area contributed by atoms with Crippen LogP contribution in [0.5, 0.6) is 11.5 Å². The predicted molar refractivity (Wildman–Crippen MR) is 116 cm³/mol. The van der Waals surface area contributed by atoms with Crippen molar-refractivity contribution < 1.29 is 14.3 Å². The average Bonchev–Trinajstić information content (AvgIpc) is 2.73. The fraction of sp³-hybridized carbons (Fsp3) is 0.435. The molecule has 29 heavy (non-hydrogen) atoms. The predicted octanol–water partition coefficient (Wildman–Crippen LogP) is 3.19. The Morgan fingerprint density at radius 2 is 1.86 bits per heavy atom. The molecule has 1 fully saturated rings. The van der Waals surface area contributed by atoms with E-state index in [2.05, 4.69) is 41.4 Å². The normalized spacial score (nSPS) is 15.7. The summed E-state index contributed by atoms with van der Waals surface area (Å²) in [6.07, 6.45) is 2.12. The Bertz CT molecular complexity index is 832. The Labute approximate surface area is 173 Å². The van der Waals surface area contributed by atoms with Gasteiger partial charge in [0.1, 0.15) is 0 Å². The van der Waals surface area contributed by atoms with Crippen molar-refractivity contribution in [3.63, 3.8) is 0 Å². The highest BCUT2D eigenvalue weighted by Crippen LogP contribution is 2.30. The van der Waals surface area contributed by atoms with E-state index in [0.717, 1.165) is 31.5 Å². The van der Waals surface area contributed by atoms with Crippen molar-refractivity contribution in [2.75, 3.05) is 32.2 Å². The molecule has 0 aliphatic carbocycles. The minimum absolute atomic E-state index is 0.0127. The molecular weight excluding hydrogens is 366 g/mol. The van der Waals surface area contributed by atoms with Crippen molar-refractivity contribution in [2.24, 2.45) is 5.73 Å². The molecule has 0 aromatic heterocycles. The molecule has 6 heteroatoms. The number of hydrogen-bond acceptors (Lipinski definition) is 5. The van der Waals surface area contributed by atoms with Gasteiger partial charge in [0.15, 0.2) is 11.5 Å². The molecule has 6 nitrogen and oxygen atoms in total. The van der Waals surface area contributed by atoms with Crippen molar-refractivity contribution in [3.05, 3.63) is 53.6 Å². The van der Waals surface area contributed by atoms with Gasteiger partial charge in [0, 0.05) is 37.3 Å². The van der Waals surface area contributed by atoms with Gasteiger partial charge in [-0.05, 0) is 55.2 Å². The summed E-state index contributed by atoms with van der Waals surface area (Å²) in [5.41, 5.74) is 9.64. The standard InChI is InChI=1S/C23H31N3O3/c1-16-5-4-6-19(13-16)26-11-9-18(10-12-26)25-23(27)15-20(24)17-7-8-21(28-2)22(14-17)29-3/h4-8,13-14,18,20H,9-12,15,24H2,1-3H3,(H,25,27)/t20-/m1/s1. The van der Waals surface area contributed by atoms with Gasteiger partial charge in [0.05, 0.1) is 14.2 Å². The molecule has 0 saturated carbocycles. The molecule has 156 valence electrons. The molecule has 0 spiro atoms. The van der Waals surface area contributed by atoms with Crippen LogP contribution in [0, 0.1) is 6.92 Å². The monoisotopic (exact) mass is 397 g/mol. The van der Waals surface area contributed by atoms with Gasteiger partial charge in [0.25, 0.3) is 0 Å². The van der Waals surface area contributed by atoms with E-state index in [0.29, 0.717) is 11.5 Å². The van der Waals surface area contributed by atoms with E-state index < -0.39 is 0 Å². The second-order valence-corrected chi connectivity index (χ2v) is 7.59. The maximum atomic E-state index is 12.5. The van der Waals surface area contributed by atoms with Crippen LogP contribution in [0.1, 0.15) is 36.4 Å². The fourth-order valence-corrected chi connectivity index (χ4v) is 3.79. The summed E-state index contributed by atoms with van der Waals surface area (Å²) in [6, 6.07) is 13.9. The largest absolute Gasteiger partial charge is 0.493 e. The molecule has 0 radical (unpaired) electrons. The molecule has 1 aliphatic heterocycles. The van der Waals surface area contributed by atoms with Crippen molar-refractivity contribution in [1.82, 2.24) is 5.32 Å². The SMILES string of the molecule is COc1ccc([C@H](N)CC(=O)NC2CCN(c3cccc(C)c3)CC2)cc1OC. The molecule has 1 atom stereocenters. The fourth-order valence-electron chi connectivity index (χ4n) is 3.79. The maximum Gasteiger partial charge on any atom is 0.222 e. The number of rotatable bonds is 7. The van der Waals surface area contributed by atoms with E-state index in [-0.39, 0.29) is 24.4 Å². The number of piperidine rings is 1. The highest BCUT2D eigenvalue weighted by molar-refractivity contribution is 5.77. The van der Waals surface area contributed by atoms with Crippen LogP contribution in [-0.2, 0) is 4.79 Å². The first kappa shape index (κ1) is 21.0. The van der Waals surface area contributed by atoms with E-state index in [1.54, 1.807) is 14.2 Å². The Hall–Kier alpha value is -2.73. The number of hydrogen-bond donors (Lipinski definition) is 2. The maximum absolute atomic E-state index is 12.5. The van der Waals surface area contributed by atoms with Crippen molar-refractivity contribution in [1.29, 1.82) is 0 Å². The molecule has 1 amide bonds. The van der Waals surface area contributed by atoms with E-state index in [9.17, 15) is 4.79 Å². The van der Waals surface area contributed by atoms with Crippen LogP contribution in [-0.4, -0.2) is 39.3 Å². The zero-order valence-corrected chi connectivity index (χ0v) is 17.5. The highest BCUT2D eigenvalue weighted by Gasteiger charge is 2.22. The third-order valence-corrected chi connectivity index (χ3v) is 5.47. The number of nitrogens with one attached hydrogen (secondary N) is 1. The molecule has 3 N–H and O–H groups in total. The van der Waals surface area contributed by atoms with E-state index in [4.69, 9.17) is 15.2 Å². The zero-order valence-electron chi connectivity index (χ0n) is 17.5. The summed E-state index contributed by atoms with van der Waals surface area (Å²) >= 11 is 0. The number of nitrogens with zero attached hydrogens (tertiary/aromatic N) is 1. The summed E-state index contributed by atoms with van der Waals surface area (Å²) in [5.74, 6) is 1.25. The second-order valence-electron chi connectivity index (χ2n) is 7.59. The molecule has 2 aromatic rings. The smallest absolute Gasteiger partial charge is 0.222 e. The number of nitrogens with two attached hydrogens (primary N) is 1. The lowest BCUT2D eigenvalue weighted by Crippen LogP contribution is -2.45. The molecule has 1 aliphatic rings. The minimum Gasteiger partial charge on any atom is -0.493 e. The molecule has 0 bridgehead atoms. The van der Waals surface area contributed by atoms with Crippen LogP contribution in [0.25, 0.3) is 0 Å².